The second-order valence-corrected chi connectivity index (χ2v) is 5.45. The fraction of sp³-hybridized carbons (Fsp3) is 0.158. The molecule has 2 aromatic rings. The van der Waals surface area contributed by atoms with Gasteiger partial charge in [-0.3, -0.25) is 19.7 Å². The van der Waals surface area contributed by atoms with Crippen LogP contribution in [-0.4, -0.2) is 35.4 Å². The van der Waals surface area contributed by atoms with Gasteiger partial charge in [-0.25, -0.2) is 0 Å². The predicted octanol–water partition coefficient (Wildman–Crippen LogP) is 3.11. The van der Waals surface area contributed by atoms with Gasteiger partial charge in [0.1, 0.15) is 17.3 Å². The summed E-state index contributed by atoms with van der Waals surface area (Å²) in [5.74, 6) is -1.81. The zero-order valence-electron chi connectivity index (χ0n) is 15.2. The van der Waals surface area contributed by atoms with E-state index in [9.17, 15) is 24.8 Å². The van der Waals surface area contributed by atoms with Crippen molar-refractivity contribution in [3.63, 3.8) is 0 Å². The van der Waals surface area contributed by atoms with Crippen LogP contribution in [0.4, 0.5) is 11.4 Å². The molecule has 0 aliphatic rings. The van der Waals surface area contributed by atoms with Gasteiger partial charge >= 0.3 is 0 Å². The SMILES string of the molecule is CCOc1ccc(/C(O)=C/C(=O)C(=O)Nc2ccc([N+](=O)[O-])cc2OC)cc1. The average Bonchev–Trinajstić information content (AvgIpc) is 2.68. The highest BCUT2D eigenvalue weighted by atomic mass is 16.6. The number of hydrogen-bond acceptors (Lipinski definition) is 7. The van der Waals surface area contributed by atoms with E-state index in [1.807, 2.05) is 6.92 Å². The van der Waals surface area contributed by atoms with Crippen LogP contribution in [0.15, 0.2) is 48.5 Å². The lowest BCUT2D eigenvalue weighted by Crippen LogP contribution is -2.21. The molecule has 146 valence electrons. The van der Waals surface area contributed by atoms with Gasteiger partial charge in [0.15, 0.2) is 0 Å². The number of nitrogens with zero attached hydrogens (tertiary/aromatic N) is 1. The lowest BCUT2D eigenvalue weighted by atomic mass is 10.1. The summed E-state index contributed by atoms with van der Waals surface area (Å²) in [5.41, 5.74) is 0.187. The van der Waals surface area contributed by atoms with E-state index in [4.69, 9.17) is 9.47 Å². The van der Waals surface area contributed by atoms with Crippen molar-refractivity contribution < 1.29 is 29.1 Å². The number of aliphatic hydroxyl groups is 1. The van der Waals surface area contributed by atoms with E-state index in [2.05, 4.69) is 5.32 Å². The molecule has 0 fully saturated rings. The van der Waals surface area contributed by atoms with Crippen LogP contribution in [0, 0.1) is 10.1 Å². The number of non-ortho nitro benzene ring substituents is 1. The number of nitro groups is 1. The number of carbonyl (C=O) groups is 2. The first kappa shape index (κ1) is 20.4. The summed E-state index contributed by atoms with van der Waals surface area (Å²) in [6, 6.07) is 9.86. The van der Waals surface area contributed by atoms with E-state index in [0.717, 1.165) is 18.2 Å². The van der Waals surface area contributed by atoms with Crippen LogP contribution in [0.3, 0.4) is 0 Å². The van der Waals surface area contributed by atoms with Gasteiger partial charge in [-0.2, -0.15) is 0 Å². The Kier molecular flexibility index (Phi) is 6.69. The molecule has 0 aliphatic carbocycles. The largest absolute Gasteiger partial charge is 0.507 e. The van der Waals surface area contributed by atoms with Crippen LogP contribution in [0.5, 0.6) is 11.5 Å². The van der Waals surface area contributed by atoms with Gasteiger partial charge in [0, 0.05) is 17.7 Å². The van der Waals surface area contributed by atoms with Crippen LogP contribution in [0.2, 0.25) is 0 Å². The molecule has 0 heterocycles. The zero-order valence-corrected chi connectivity index (χ0v) is 15.2. The summed E-state index contributed by atoms with van der Waals surface area (Å²) in [6.45, 7) is 2.33. The number of nitrogens with one attached hydrogen (secondary N) is 1. The smallest absolute Gasteiger partial charge is 0.296 e. The predicted molar refractivity (Wildman–Crippen MR) is 102 cm³/mol. The monoisotopic (exact) mass is 386 g/mol. The van der Waals surface area contributed by atoms with Gasteiger partial charge in [0.2, 0.25) is 5.78 Å². The van der Waals surface area contributed by atoms with Gasteiger partial charge in [-0.15, -0.1) is 0 Å². The number of carbonyl (C=O) groups excluding carboxylic acids is 2. The zero-order chi connectivity index (χ0) is 20.7. The van der Waals surface area contributed by atoms with Gasteiger partial charge < -0.3 is 19.9 Å². The molecule has 0 saturated carbocycles. The number of nitro benzene ring substituents is 1. The molecular weight excluding hydrogens is 368 g/mol. The molecule has 0 saturated heterocycles. The highest BCUT2D eigenvalue weighted by Gasteiger charge is 2.17. The number of anilines is 1. The van der Waals surface area contributed by atoms with Crippen molar-refractivity contribution in [2.75, 3.05) is 19.0 Å². The van der Waals surface area contributed by atoms with E-state index in [1.165, 1.54) is 13.2 Å². The van der Waals surface area contributed by atoms with Gasteiger partial charge in [-0.1, -0.05) is 0 Å². The molecule has 0 atom stereocenters. The lowest BCUT2D eigenvalue weighted by molar-refractivity contribution is -0.384. The topological polar surface area (TPSA) is 128 Å². The fourth-order valence-electron chi connectivity index (χ4n) is 2.24. The maximum absolute atomic E-state index is 12.1. The number of aliphatic hydroxyl groups excluding tert-OH is 1. The fourth-order valence-corrected chi connectivity index (χ4v) is 2.24. The Morgan fingerprint density at radius 2 is 1.89 bits per heavy atom. The number of rotatable bonds is 8. The lowest BCUT2D eigenvalue weighted by Gasteiger charge is -2.09. The summed E-state index contributed by atoms with van der Waals surface area (Å²) in [7, 11) is 1.27. The molecule has 0 aliphatic heterocycles. The Bertz CT molecular complexity index is 920. The van der Waals surface area contributed by atoms with E-state index in [0.29, 0.717) is 17.9 Å². The third-order valence-electron chi connectivity index (χ3n) is 3.60. The molecule has 2 rings (SSSR count). The number of methoxy groups -OCH3 is 1. The highest BCUT2D eigenvalue weighted by molar-refractivity contribution is 6.45. The summed E-state index contributed by atoms with van der Waals surface area (Å²) in [4.78, 5) is 34.3. The van der Waals surface area contributed by atoms with Crippen LogP contribution in [0.25, 0.3) is 5.76 Å². The van der Waals surface area contributed by atoms with Crippen LogP contribution in [0.1, 0.15) is 12.5 Å². The van der Waals surface area contributed by atoms with Crippen molar-refractivity contribution in [1.29, 1.82) is 0 Å². The van der Waals surface area contributed by atoms with Gasteiger partial charge in [0.05, 0.1) is 30.4 Å². The molecule has 0 radical (unpaired) electrons. The first-order valence-corrected chi connectivity index (χ1v) is 8.17. The van der Waals surface area contributed by atoms with Crippen molar-refractivity contribution in [2.24, 2.45) is 0 Å². The summed E-state index contributed by atoms with van der Waals surface area (Å²) in [5, 5.41) is 23.1. The third kappa shape index (κ3) is 5.07. The van der Waals surface area contributed by atoms with E-state index in [-0.39, 0.29) is 22.9 Å². The van der Waals surface area contributed by atoms with E-state index < -0.39 is 16.6 Å². The molecule has 1 amide bonds. The van der Waals surface area contributed by atoms with Crippen LogP contribution in [-0.2, 0) is 9.59 Å². The summed E-state index contributed by atoms with van der Waals surface area (Å²) >= 11 is 0. The quantitative estimate of drug-likeness (QED) is 0.234. The first-order valence-electron chi connectivity index (χ1n) is 8.17. The number of ether oxygens (including phenoxy) is 2. The average molecular weight is 386 g/mol. The minimum absolute atomic E-state index is 0.0232. The second-order valence-electron chi connectivity index (χ2n) is 5.45. The molecule has 0 aromatic heterocycles. The number of hydrogen-bond donors (Lipinski definition) is 2. The first-order chi connectivity index (χ1) is 13.3. The van der Waals surface area contributed by atoms with Crippen LogP contribution >= 0.6 is 0 Å². The Hall–Kier alpha value is -3.88. The molecule has 9 heteroatoms. The molecule has 9 nitrogen and oxygen atoms in total. The van der Waals surface area contributed by atoms with E-state index in [1.54, 1.807) is 24.3 Å². The molecular formula is C19H18N2O7. The van der Waals surface area contributed by atoms with E-state index >= 15 is 0 Å². The minimum Gasteiger partial charge on any atom is -0.507 e. The van der Waals surface area contributed by atoms with Crippen molar-refractivity contribution in [2.45, 2.75) is 6.92 Å². The van der Waals surface area contributed by atoms with Crippen LogP contribution < -0.4 is 14.8 Å². The van der Waals surface area contributed by atoms with Crippen molar-refractivity contribution in [3.8, 4) is 11.5 Å². The van der Waals surface area contributed by atoms with Crippen molar-refractivity contribution in [1.82, 2.24) is 0 Å². The number of benzene rings is 2. The van der Waals surface area contributed by atoms with Gasteiger partial charge in [0.25, 0.3) is 11.6 Å². The molecule has 0 spiro atoms. The van der Waals surface area contributed by atoms with Crippen molar-refractivity contribution in [3.05, 3.63) is 64.2 Å². The molecule has 2 N–H and O–H groups in total. The number of ketones is 1. The third-order valence-corrected chi connectivity index (χ3v) is 3.60. The highest BCUT2D eigenvalue weighted by Crippen LogP contribution is 2.29. The Morgan fingerprint density at radius 1 is 1.21 bits per heavy atom. The number of amides is 1. The Labute approximate surface area is 160 Å². The Balaban J connectivity index is 2.12. The standard InChI is InChI=1S/C19H18N2O7/c1-3-28-14-7-4-12(5-8-14)16(22)11-17(23)19(24)20-15-9-6-13(21(25)26)10-18(15)27-2/h4-11,22H,3H2,1-2H3,(H,20,24)/b16-11-. The maximum Gasteiger partial charge on any atom is 0.296 e. The summed E-state index contributed by atoms with van der Waals surface area (Å²) < 4.78 is 10.3. The minimum atomic E-state index is -1.04. The summed E-state index contributed by atoms with van der Waals surface area (Å²) in [6.07, 6.45) is 0.781. The van der Waals surface area contributed by atoms with Crippen molar-refractivity contribution >= 4 is 28.8 Å². The normalized spacial score (nSPS) is 10.9. The van der Waals surface area contributed by atoms with Gasteiger partial charge in [-0.05, 0) is 37.3 Å². The second kappa shape index (κ2) is 9.17. The molecule has 28 heavy (non-hydrogen) atoms. The molecule has 2 aromatic carbocycles. The molecule has 0 bridgehead atoms. The molecule has 0 unspecified atom stereocenters. The maximum atomic E-state index is 12.1. The Morgan fingerprint density at radius 3 is 2.46 bits per heavy atom.